The lowest BCUT2D eigenvalue weighted by Gasteiger charge is -1.92. The predicted molar refractivity (Wildman–Crippen MR) is 71.0 cm³/mol. The first-order valence-electron chi connectivity index (χ1n) is 5.00. The van der Waals surface area contributed by atoms with Crippen LogP contribution in [0, 0.1) is 0 Å². The zero-order valence-corrected chi connectivity index (χ0v) is 10.0. The van der Waals surface area contributed by atoms with Gasteiger partial charge in [-0.15, -0.1) is 0 Å². The van der Waals surface area contributed by atoms with Crippen molar-refractivity contribution in [3.05, 3.63) is 58.5 Å². The molecule has 0 nitrogen and oxygen atoms in total. The Kier molecular flexibility index (Phi) is 6.12. The van der Waals surface area contributed by atoms with Gasteiger partial charge in [0.05, 0.1) is 0 Å². The second-order valence-electron chi connectivity index (χ2n) is 3.52. The fourth-order valence-electron chi connectivity index (χ4n) is 0.804. The lowest BCUT2D eigenvalue weighted by atomic mass is 10.2. The molecule has 0 aliphatic carbocycles. The van der Waals surface area contributed by atoms with Crippen LogP contribution in [-0.2, 0) is 0 Å². The molecule has 0 amide bonds. The molecule has 0 bridgehead atoms. The molecule has 0 spiro atoms. The quantitative estimate of drug-likeness (QED) is 0.611. The van der Waals surface area contributed by atoms with Crippen LogP contribution in [0.2, 0.25) is 0 Å². The van der Waals surface area contributed by atoms with Crippen molar-refractivity contribution in [2.75, 3.05) is 0 Å². The molecule has 0 heteroatoms. The van der Waals surface area contributed by atoms with Gasteiger partial charge < -0.3 is 0 Å². The standard InChI is InChI=1S/C8H8.C7H12/c1-7-5-3-4-6-8(7)2;1-5-7(4)6(2)3/h3-6H,1-2H2;5H,2H2,1,3-4H3/b;7-5+. The van der Waals surface area contributed by atoms with Crippen molar-refractivity contribution < 1.29 is 0 Å². The molecule has 0 aromatic heterocycles. The third-order valence-electron chi connectivity index (χ3n) is 2.22. The summed E-state index contributed by atoms with van der Waals surface area (Å²) in [6.45, 7) is 17.4. The van der Waals surface area contributed by atoms with Crippen LogP contribution in [0.15, 0.2) is 48.1 Å². The van der Waals surface area contributed by atoms with Gasteiger partial charge in [0.25, 0.3) is 0 Å². The highest BCUT2D eigenvalue weighted by molar-refractivity contribution is 5.22. The number of benzene rings is 1. The van der Waals surface area contributed by atoms with E-state index in [2.05, 4.69) is 32.7 Å². The number of hydrogen-bond acceptors (Lipinski definition) is 0. The van der Waals surface area contributed by atoms with Gasteiger partial charge >= 0.3 is 0 Å². The van der Waals surface area contributed by atoms with Crippen molar-refractivity contribution in [2.45, 2.75) is 20.8 Å². The van der Waals surface area contributed by atoms with Crippen molar-refractivity contribution in [3.8, 4) is 0 Å². The van der Waals surface area contributed by atoms with E-state index in [1.54, 1.807) is 0 Å². The molecule has 0 unspecified atom stereocenters. The topological polar surface area (TPSA) is 0 Å². The molecule has 0 N–H and O–H groups in total. The molecule has 80 valence electrons. The largest absolute Gasteiger partial charge is 0.0959 e. The average molecular weight is 200 g/mol. The second-order valence-corrected chi connectivity index (χ2v) is 3.52. The molecule has 15 heavy (non-hydrogen) atoms. The highest BCUT2D eigenvalue weighted by atomic mass is 13.9. The molecule has 1 aromatic rings. The van der Waals surface area contributed by atoms with Crippen LogP contribution >= 0.6 is 0 Å². The average Bonchev–Trinajstić information content (AvgIpc) is 2.22. The molecule has 0 saturated heterocycles. The fourth-order valence-corrected chi connectivity index (χ4v) is 0.804. The summed E-state index contributed by atoms with van der Waals surface area (Å²) < 4.78 is 0. The molecule has 0 atom stereocenters. The number of rotatable bonds is 1. The normalized spacial score (nSPS) is 10.2. The maximum Gasteiger partial charge on any atom is -0.0262 e. The maximum absolute atomic E-state index is 3.76. The molecular formula is C15H20. The van der Waals surface area contributed by atoms with E-state index in [-0.39, 0.29) is 0 Å². The van der Waals surface area contributed by atoms with Crippen molar-refractivity contribution >= 4 is 13.2 Å². The Morgan fingerprint density at radius 1 is 1.07 bits per heavy atom. The van der Waals surface area contributed by atoms with Crippen LogP contribution in [-0.4, -0.2) is 0 Å². The first kappa shape index (κ1) is 13.4. The van der Waals surface area contributed by atoms with Crippen LogP contribution in [0.1, 0.15) is 20.8 Å². The second kappa shape index (κ2) is 6.83. The lowest BCUT2D eigenvalue weighted by Crippen LogP contribution is -2.19. The Morgan fingerprint density at radius 3 is 1.60 bits per heavy atom. The smallest absolute Gasteiger partial charge is 0.0262 e. The van der Waals surface area contributed by atoms with Crippen molar-refractivity contribution in [1.82, 2.24) is 0 Å². The summed E-state index contributed by atoms with van der Waals surface area (Å²) in [7, 11) is 0. The van der Waals surface area contributed by atoms with E-state index in [0.717, 1.165) is 16.0 Å². The van der Waals surface area contributed by atoms with Crippen LogP contribution in [0.5, 0.6) is 0 Å². The highest BCUT2D eigenvalue weighted by Crippen LogP contribution is 2.02. The zero-order valence-electron chi connectivity index (χ0n) is 10.0. The minimum Gasteiger partial charge on any atom is -0.0959 e. The summed E-state index contributed by atoms with van der Waals surface area (Å²) in [5.74, 6) is 0. The Hall–Kier alpha value is -1.56. The Bertz CT molecular complexity index is 406. The molecule has 1 aromatic carbocycles. The van der Waals surface area contributed by atoms with Crippen molar-refractivity contribution in [3.63, 3.8) is 0 Å². The van der Waals surface area contributed by atoms with E-state index in [0.29, 0.717) is 0 Å². The van der Waals surface area contributed by atoms with Gasteiger partial charge in [-0.3, -0.25) is 0 Å². The minimum atomic E-state index is 1.01. The molecule has 0 heterocycles. The molecule has 0 radical (unpaired) electrons. The fraction of sp³-hybridized carbons (Fsp3) is 0.200. The first-order chi connectivity index (χ1) is 6.99. The van der Waals surface area contributed by atoms with Crippen molar-refractivity contribution in [2.24, 2.45) is 0 Å². The summed E-state index contributed by atoms with van der Waals surface area (Å²) in [4.78, 5) is 0. The lowest BCUT2D eigenvalue weighted by molar-refractivity contribution is 1.34. The third-order valence-corrected chi connectivity index (χ3v) is 2.22. The number of allylic oxidation sites excluding steroid dienone is 3. The monoisotopic (exact) mass is 200 g/mol. The Labute approximate surface area is 93.0 Å². The van der Waals surface area contributed by atoms with E-state index >= 15 is 0 Å². The van der Waals surface area contributed by atoms with Gasteiger partial charge in [-0.1, -0.05) is 61.2 Å². The molecule has 0 aliphatic heterocycles. The van der Waals surface area contributed by atoms with Gasteiger partial charge in [-0.05, 0) is 31.2 Å². The number of hydrogen-bond donors (Lipinski definition) is 0. The Morgan fingerprint density at radius 2 is 1.47 bits per heavy atom. The minimum absolute atomic E-state index is 1.01. The molecule has 0 aliphatic rings. The molecular weight excluding hydrogens is 180 g/mol. The van der Waals surface area contributed by atoms with Crippen LogP contribution in [0.25, 0.3) is 13.2 Å². The summed E-state index contributed by atoms with van der Waals surface area (Å²) in [6.07, 6.45) is 2.06. The Balaban J connectivity index is 0.000000265. The highest BCUT2D eigenvalue weighted by Gasteiger charge is 1.81. The predicted octanol–water partition coefficient (Wildman–Crippen LogP) is 3.04. The van der Waals surface area contributed by atoms with Gasteiger partial charge in [0, 0.05) is 0 Å². The van der Waals surface area contributed by atoms with E-state index in [1.165, 1.54) is 5.57 Å². The summed E-state index contributed by atoms with van der Waals surface area (Å²) in [6, 6.07) is 7.80. The van der Waals surface area contributed by atoms with Gasteiger partial charge in [0.15, 0.2) is 0 Å². The van der Waals surface area contributed by atoms with Gasteiger partial charge in [0.2, 0.25) is 0 Å². The SMILES string of the molecule is C=C(C)/C(C)=C/C.C=c1ccccc1=C. The summed E-state index contributed by atoms with van der Waals surface area (Å²) in [5.41, 5.74) is 2.43. The summed E-state index contributed by atoms with van der Waals surface area (Å²) in [5, 5.41) is 2.01. The summed E-state index contributed by atoms with van der Waals surface area (Å²) >= 11 is 0. The van der Waals surface area contributed by atoms with E-state index in [1.807, 2.05) is 38.1 Å². The van der Waals surface area contributed by atoms with Crippen LogP contribution in [0.3, 0.4) is 0 Å². The van der Waals surface area contributed by atoms with Crippen LogP contribution < -0.4 is 10.4 Å². The van der Waals surface area contributed by atoms with Gasteiger partial charge in [-0.25, -0.2) is 0 Å². The van der Waals surface area contributed by atoms with Crippen molar-refractivity contribution in [1.29, 1.82) is 0 Å². The van der Waals surface area contributed by atoms with E-state index < -0.39 is 0 Å². The van der Waals surface area contributed by atoms with E-state index in [4.69, 9.17) is 0 Å². The molecule has 0 saturated carbocycles. The first-order valence-corrected chi connectivity index (χ1v) is 5.00. The zero-order chi connectivity index (χ0) is 11.8. The molecule has 0 fully saturated rings. The van der Waals surface area contributed by atoms with Gasteiger partial charge in [0.1, 0.15) is 0 Å². The molecule has 1 rings (SSSR count). The van der Waals surface area contributed by atoms with Crippen LogP contribution in [0.4, 0.5) is 0 Å². The van der Waals surface area contributed by atoms with Gasteiger partial charge in [-0.2, -0.15) is 0 Å². The maximum atomic E-state index is 3.76. The third kappa shape index (κ3) is 5.69. The van der Waals surface area contributed by atoms with E-state index in [9.17, 15) is 0 Å².